The molecule has 1 aliphatic carbocycles. The number of hydrogen-bond donors (Lipinski definition) is 1. The Balaban J connectivity index is 1.16. The van der Waals surface area contributed by atoms with E-state index in [2.05, 4.69) is 85.1 Å². The number of para-hydroxylation sites is 1. The van der Waals surface area contributed by atoms with Crippen molar-refractivity contribution in [3.05, 3.63) is 130 Å². The van der Waals surface area contributed by atoms with E-state index in [1.165, 1.54) is 22.4 Å². The van der Waals surface area contributed by atoms with Crippen LogP contribution >= 0.6 is 11.6 Å². The van der Waals surface area contributed by atoms with Gasteiger partial charge in [-0.15, -0.1) is 0 Å². The predicted octanol–water partition coefficient (Wildman–Crippen LogP) is 8.81. The van der Waals surface area contributed by atoms with Gasteiger partial charge in [-0.1, -0.05) is 83.9 Å². The fourth-order valence-electron chi connectivity index (χ4n) is 5.58. The van der Waals surface area contributed by atoms with Crippen LogP contribution in [0.25, 0.3) is 0 Å². The lowest BCUT2D eigenvalue weighted by atomic mass is 9.77. The zero-order valence-electron chi connectivity index (χ0n) is 22.1. The molecule has 0 amide bonds. The Labute approximate surface area is 235 Å². The summed E-state index contributed by atoms with van der Waals surface area (Å²) in [5.74, 6) is 2.10. The van der Waals surface area contributed by atoms with E-state index in [0.717, 1.165) is 23.2 Å². The van der Waals surface area contributed by atoms with E-state index in [4.69, 9.17) is 26.1 Å². The van der Waals surface area contributed by atoms with Crippen molar-refractivity contribution >= 4 is 29.2 Å². The second-order valence-corrected chi connectivity index (χ2v) is 10.6. The number of allylic oxidation sites excluding steroid dienone is 2. The minimum absolute atomic E-state index is 0.272. The monoisotopic (exact) mass is 534 g/mol. The topological polar surface area (TPSA) is 42.8 Å². The highest BCUT2D eigenvalue weighted by atomic mass is 35.5. The molecule has 0 aromatic heterocycles. The van der Waals surface area contributed by atoms with Crippen LogP contribution in [-0.4, -0.2) is 13.3 Å². The molecule has 196 valence electrons. The van der Waals surface area contributed by atoms with Crippen LogP contribution < -0.4 is 14.8 Å². The number of nitrogens with zero attached hydrogens (tertiary/aromatic N) is 1. The minimum Gasteiger partial charge on any atom is -0.493 e. The molecule has 39 heavy (non-hydrogen) atoms. The number of anilines is 1. The smallest absolute Gasteiger partial charge is 0.180 e. The first-order valence-corrected chi connectivity index (χ1v) is 13.7. The molecule has 4 aromatic carbocycles. The van der Waals surface area contributed by atoms with Crippen LogP contribution in [0.15, 0.2) is 102 Å². The van der Waals surface area contributed by atoms with E-state index < -0.39 is 0 Å². The second kappa shape index (κ2) is 11.0. The van der Waals surface area contributed by atoms with Crippen LogP contribution in [0.2, 0.25) is 5.02 Å². The average molecular weight is 535 g/mol. The van der Waals surface area contributed by atoms with Crippen molar-refractivity contribution in [3.63, 3.8) is 0 Å². The lowest BCUT2D eigenvalue weighted by molar-refractivity contribution is 0.284. The number of aryl methyl sites for hydroxylation is 1. The first-order chi connectivity index (χ1) is 19.1. The highest BCUT2D eigenvalue weighted by Gasteiger charge is 2.37. The van der Waals surface area contributed by atoms with Gasteiger partial charge in [0.15, 0.2) is 11.5 Å². The van der Waals surface area contributed by atoms with Gasteiger partial charge in [0.25, 0.3) is 0 Å². The molecule has 5 heteroatoms. The summed E-state index contributed by atoms with van der Waals surface area (Å²) in [4.78, 5) is 4.70. The Morgan fingerprint density at radius 1 is 1.00 bits per heavy atom. The fraction of sp³-hybridized carbons (Fsp3) is 0.206. The van der Waals surface area contributed by atoms with Crippen molar-refractivity contribution in [2.24, 2.45) is 10.9 Å². The zero-order valence-corrected chi connectivity index (χ0v) is 22.9. The maximum atomic E-state index is 6.59. The number of aliphatic imine (C=N–C) groups is 1. The van der Waals surface area contributed by atoms with E-state index in [0.29, 0.717) is 35.0 Å². The third-order valence-corrected chi connectivity index (χ3v) is 7.92. The van der Waals surface area contributed by atoms with Crippen molar-refractivity contribution in [2.75, 3.05) is 12.4 Å². The van der Waals surface area contributed by atoms with Gasteiger partial charge in [-0.25, -0.2) is 0 Å². The molecular formula is C34H31ClN2O2. The molecule has 0 unspecified atom stereocenters. The summed E-state index contributed by atoms with van der Waals surface area (Å²) in [6.07, 6.45) is 7.58. The normalized spacial score (nSPS) is 19.4. The van der Waals surface area contributed by atoms with Crippen molar-refractivity contribution in [1.82, 2.24) is 0 Å². The van der Waals surface area contributed by atoms with Crippen LogP contribution in [0, 0.1) is 12.8 Å². The lowest BCUT2D eigenvalue weighted by Gasteiger charge is -2.37. The van der Waals surface area contributed by atoms with Gasteiger partial charge in [0.1, 0.15) is 6.61 Å². The number of nitrogens with one attached hydrogen (secondary N) is 1. The number of halogens is 1. The Hall–Kier alpha value is -4.02. The summed E-state index contributed by atoms with van der Waals surface area (Å²) in [7, 11) is 1.62. The first kappa shape index (κ1) is 25.3. The summed E-state index contributed by atoms with van der Waals surface area (Å²) in [5, 5.41) is 4.28. The molecule has 4 nitrogen and oxygen atoms in total. The first-order valence-electron chi connectivity index (χ1n) is 13.3. The molecule has 0 bridgehead atoms. The quantitative estimate of drug-likeness (QED) is 0.190. The minimum atomic E-state index is 0.272. The highest BCUT2D eigenvalue weighted by Crippen LogP contribution is 2.49. The standard InChI is InChI=1S/C34H31ClN2O2/c1-22-10-12-23(13-11-22)21-39-34-30(35)18-24(19-32(34)38-2)20-36-26-16-14-25(15-17-26)33-29-8-5-7-27(29)28-6-3-4-9-31(28)37-33/h3-7,9-20,27,29,33,37H,8,21H2,1-2H3/t27-,29+,33-/m0/s1. The van der Waals surface area contributed by atoms with Crippen LogP contribution in [0.4, 0.5) is 11.4 Å². The van der Waals surface area contributed by atoms with Crippen molar-refractivity contribution in [1.29, 1.82) is 0 Å². The van der Waals surface area contributed by atoms with Crippen molar-refractivity contribution in [2.45, 2.75) is 31.9 Å². The van der Waals surface area contributed by atoms with Gasteiger partial charge < -0.3 is 14.8 Å². The van der Waals surface area contributed by atoms with Gasteiger partial charge in [0.05, 0.1) is 23.9 Å². The number of benzene rings is 4. The van der Waals surface area contributed by atoms with Gasteiger partial charge >= 0.3 is 0 Å². The molecular weight excluding hydrogens is 504 g/mol. The van der Waals surface area contributed by atoms with E-state index >= 15 is 0 Å². The van der Waals surface area contributed by atoms with Crippen molar-refractivity contribution in [3.8, 4) is 11.5 Å². The number of methoxy groups -OCH3 is 1. The van der Waals surface area contributed by atoms with E-state index in [1.807, 2.05) is 24.3 Å². The van der Waals surface area contributed by atoms with Crippen LogP contribution in [-0.2, 0) is 6.61 Å². The number of ether oxygens (including phenoxy) is 2. The molecule has 4 aromatic rings. The molecule has 2 aliphatic rings. The summed E-state index contributed by atoms with van der Waals surface area (Å²) < 4.78 is 11.6. The summed E-state index contributed by atoms with van der Waals surface area (Å²) >= 11 is 6.59. The largest absolute Gasteiger partial charge is 0.493 e. The van der Waals surface area contributed by atoms with Crippen LogP contribution in [0.3, 0.4) is 0 Å². The third kappa shape index (κ3) is 5.30. The molecule has 0 fully saturated rings. The molecule has 6 rings (SSSR count). The number of fused-ring (bicyclic) bond motifs is 3. The van der Waals surface area contributed by atoms with E-state index in [-0.39, 0.29) is 6.04 Å². The Kier molecular flexibility index (Phi) is 7.12. The molecule has 0 spiro atoms. The van der Waals surface area contributed by atoms with Crippen LogP contribution in [0.5, 0.6) is 11.5 Å². The molecule has 3 atom stereocenters. The van der Waals surface area contributed by atoms with Gasteiger partial charge in [-0.2, -0.15) is 0 Å². The number of rotatable bonds is 7. The third-order valence-electron chi connectivity index (χ3n) is 7.64. The second-order valence-electron chi connectivity index (χ2n) is 10.2. The highest BCUT2D eigenvalue weighted by molar-refractivity contribution is 6.32. The van der Waals surface area contributed by atoms with Crippen LogP contribution in [0.1, 0.15) is 46.2 Å². The zero-order chi connectivity index (χ0) is 26.8. The molecule has 1 aliphatic heterocycles. The predicted molar refractivity (Wildman–Crippen MR) is 160 cm³/mol. The van der Waals surface area contributed by atoms with E-state index in [9.17, 15) is 0 Å². The lowest BCUT2D eigenvalue weighted by Crippen LogP contribution is -2.28. The Bertz CT molecular complexity index is 1530. The summed E-state index contributed by atoms with van der Waals surface area (Å²) in [6.45, 7) is 2.48. The van der Waals surface area contributed by atoms with Gasteiger partial charge in [-0.05, 0) is 71.8 Å². The fourth-order valence-corrected chi connectivity index (χ4v) is 5.86. The number of hydrogen-bond acceptors (Lipinski definition) is 4. The molecule has 0 saturated carbocycles. The molecule has 0 radical (unpaired) electrons. The SMILES string of the molecule is COc1cc(C=Nc2ccc([C@@H]3Nc4ccccc4[C@@H]4C=CC[C@H]43)cc2)cc(Cl)c1OCc1ccc(C)cc1. The molecule has 1 N–H and O–H groups in total. The molecule has 0 saturated heterocycles. The Morgan fingerprint density at radius 2 is 1.79 bits per heavy atom. The van der Waals surface area contributed by atoms with Gasteiger partial charge in [-0.3, -0.25) is 4.99 Å². The van der Waals surface area contributed by atoms with E-state index in [1.54, 1.807) is 13.3 Å². The van der Waals surface area contributed by atoms with Crippen molar-refractivity contribution < 1.29 is 9.47 Å². The maximum absolute atomic E-state index is 6.59. The maximum Gasteiger partial charge on any atom is 0.180 e. The summed E-state index contributed by atoms with van der Waals surface area (Å²) in [5.41, 5.74) is 7.91. The van der Waals surface area contributed by atoms with Gasteiger partial charge in [0, 0.05) is 17.8 Å². The summed E-state index contributed by atoms with van der Waals surface area (Å²) in [6, 6.07) is 29.4. The Morgan fingerprint density at radius 3 is 2.59 bits per heavy atom. The van der Waals surface area contributed by atoms with Gasteiger partial charge in [0.2, 0.25) is 0 Å². The average Bonchev–Trinajstić information content (AvgIpc) is 3.46. The molecule has 1 heterocycles.